The summed E-state index contributed by atoms with van der Waals surface area (Å²) in [6, 6.07) is 13.0. The largest absolute Gasteiger partial charge is 0.493 e. The van der Waals surface area contributed by atoms with Crippen molar-refractivity contribution in [3.05, 3.63) is 53.1 Å². The Kier molecular flexibility index (Phi) is 8.90. The Morgan fingerprint density at radius 3 is 2.32 bits per heavy atom. The smallest absolute Gasteiger partial charge is 0.165 e. The molecule has 2 aromatic carbocycles. The first-order chi connectivity index (χ1) is 13.4. The van der Waals surface area contributed by atoms with Crippen LogP contribution in [0.15, 0.2) is 42.5 Å². The van der Waals surface area contributed by atoms with E-state index in [0.717, 1.165) is 17.9 Å². The zero-order valence-corrected chi connectivity index (χ0v) is 17.8. The van der Waals surface area contributed by atoms with Crippen molar-refractivity contribution >= 4 is 11.6 Å². The van der Waals surface area contributed by atoms with Crippen molar-refractivity contribution in [2.75, 3.05) is 33.9 Å². The topological polar surface area (TPSA) is 51.2 Å². The Bertz CT molecular complexity index is 721. The van der Waals surface area contributed by atoms with Crippen LogP contribution >= 0.6 is 11.6 Å². The molecular weight excluding hydrogens is 378 g/mol. The van der Waals surface area contributed by atoms with E-state index < -0.39 is 6.10 Å². The lowest BCUT2D eigenvalue weighted by Crippen LogP contribution is -2.37. The molecule has 0 aliphatic carbocycles. The normalized spacial score (nSPS) is 12.3. The van der Waals surface area contributed by atoms with E-state index in [9.17, 15) is 5.11 Å². The summed E-state index contributed by atoms with van der Waals surface area (Å²) < 4.78 is 16.6. The van der Waals surface area contributed by atoms with Gasteiger partial charge in [-0.1, -0.05) is 37.6 Å². The van der Waals surface area contributed by atoms with Gasteiger partial charge in [0.1, 0.15) is 18.5 Å². The van der Waals surface area contributed by atoms with Gasteiger partial charge >= 0.3 is 0 Å². The number of methoxy groups -OCH3 is 2. The van der Waals surface area contributed by atoms with Gasteiger partial charge < -0.3 is 19.3 Å². The van der Waals surface area contributed by atoms with Crippen LogP contribution in [0.5, 0.6) is 17.2 Å². The van der Waals surface area contributed by atoms with Gasteiger partial charge in [-0.05, 0) is 36.2 Å². The van der Waals surface area contributed by atoms with E-state index in [4.69, 9.17) is 25.8 Å². The van der Waals surface area contributed by atoms with Gasteiger partial charge in [-0.2, -0.15) is 0 Å². The zero-order chi connectivity index (χ0) is 20.5. The second-order valence-electron chi connectivity index (χ2n) is 7.16. The summed E-state index contributed by atoms with van der Waals surface area (Å²) in [6.07, 6.45) is -0.619. The molecule has 0 unspecified atom stereocenters. The summed E-state index contributed by atoms with van der Waals surface area (Å²) in [4.78, 5) is 2.21. The predicted molar refractivity (Wildman–Crippen MR) is 113 cm³/mol. The van der Waals surface area contributed by atoms with Gasteiger partial charge in [0.2, 0.25) is 0 Å². The fraction of sp³-hybridized carbons (Fsp3) is 0.455. The molecule has 0 spiro atoms. The number of rotatable bonds is 11. The minimum absolute atomic E-state index is 0.214. The van der Waals surface area contributed by atoms with Crippen LogP contribution in [0.25, 0.3) is 0 Å². The van der Waals surface area contributed by atoms with E-state index in [1.807, 2.05) is 18.2 Å². The molecule has 154 valence electrons. The molecule has 0 aromatic heterocycles. The molecule has 0 aliphatic rings. The first-order valence-corrected chi connectivity index (χ1v) is 9.79. The second kappa shape index (κ2) is 11.1. The summed E-state index contributed by atoms with van der Waals surface area (Å²) in [6.45, 7) is 6.52. The SMILES string of the molecule is COc1cccc(CN(CC(C)C)C[C@H](O)COc2ccc(Cl)cc2)c1OC. The Morgan fingerprint density at radius 2 is 1.71 bits per heavy atom. The van der Waals surface area contributed by atoms with Crippen molar-refractivity contribution in [1.29, 1.82) is 0 Å². The molecular formula is C22H30ClNO4. The van der Waals surface area contributed by atoms with E-state index in [1.54, 1.807) is 38.5 Å². The summed E-state index contributed by atoms with van der Waals surface area (Å²) in [5, 5.41) is 11.2. The molecule has 0 amide bonds. The minimum atomic E-state index is -0.619. The highest BCUT2D eigenvalue weighted by atomic mass is 35.5. The fourth-order valence-corrected chi connectivity index (χ4v) is 3.24. The third-order valence-electron chi connectivity index (χ3n) is 4.23. The number of aliphatic hydroxyl groups excluding tert-OH is 1. The van der Waals surface area contributed by atoms with Crippen LogP contribution in [0.2, 0.25) is 5.02 Å². The van der Waals surface area contributed by atoms with Gasteiger partial charge in [0.05, 0.1) is 14.2 Å². The van der Waals surface area contributed by atoms with E-state index in [0.29, 0.717) is 35.5 Å². The van der Waals surface area contributed by atoms with Crippen LogP contribution in [0.4, 0.5) is 0 Å². The molecule has 0 aliphatic heterocycles. The van der Waals surface area contributed by atoms with Crippen LogP contribution in [0, 0.1) is 5.92 Å². The Labute approximate surface area is 172 Å². The number of aliphatic hydroxyl groups is 1. The van der Waals surface area contributed by atoms with Gasteiger partial charge in [-0.3, -0.25) is 4.90 Å². The summed E-state index contributed by atoms with van der Waals surface area (Å²) in [5.41, 5.74) is 1.02. The highest BCUT2D eigenvalue weighted by Crippen LogP contribution is 2.31. The van der Waals surface area contributed by atoms with Gasteiger partial charge in [-0.15, -0.1) is 0 Å². The number of halogens is 1. The minimum Gasteiger partial charge on any atom is -0.493 e. The van der Waals surface area contributed by atoms with Crippen molar-refractivity contribution in [3.63, 3.8) is 0 Å². The van der Waals surface area contributed by atoms with Gasteiger partial charge in [0.15, 0.2) is 11.5 Å². The van der Waals surface area contributed by atoms with Crippen molar-refractivity contribution in [2.24, 2.45) is 5.92 Å². The van der Waals surface area contributed by atoms with Crippen LogP contribution in [-0.2, 0) is 6.54 Å². The van der Waals surface area contributed by atoms with Crippen LogP contribution in [-0.4, -0.2) is 50.0 Å². The summed E-state index contributed by atoms with van der Waals surface area (Å²) >= 11 is 5.88. The van der Waals surface area contributed by atoms with Crippen LogP contribution in [0.1, 0.15) is 19.4 Å². The predicted octanol–water partition coefficient (Wildman–Crippen LogP) is 4.26. The van der Waals surface area contributed by atoms with E-state index >= 15 is 0 Å². The Morgan fingerprint density at radius 1 is 1.00 bits per heavy atom. The summed E-state index contributed by atoms with van der Waals surface area (Å²) in [5.74, 6) is 2.58. The molecule has 28 heavy (non-hydrogen) atoms. The van der Waals surface area contributed by atoms with Gasteiger partial charge in [-0.25, -0.2) is 0 Å². The van der Waals surface area contributed by atoms with Gasteiger partial charge in [0, 0.05) is 30.2 Å². The molecule has 0 saturated heterocycles. The maximum absolute atomic E-state index is 10.5. The lowest BCUT2D eigenvalue weighted by molar-refractivity contribution is 0.0612. The van der Waals surface area contributed by atoms with Gasteiger partial charge in [0.25, 0.3) is 0 Å². The third kappa shape index (κ3) is 6.89. The average Bonchev–Trinajstić information content (AvgIpc) is 2.66. The molecule has 1 atom stereocenters. The van der Waals surface area contributed by atoms with E-state index in [1.165, 1.54) is 0 Å². The first-order valence-electron chi connectivity index (χ1n) is 9.41. The molecule has 0 radical (unpaired) electrons. The lowest BCUT2D eigenvalue weighted by atomic mass is 10.1. The molecule has 6 heteroatoms. The van der Waals surface area contributed by atoms with Crippen molar-refractivity contribution in [3.8, 4) is 17.2 Å². The van der Waals surface area contributed by atoms with E-state index in [2.05, 4.69) is 18.7 Å². The number of para-hydroxylation sites is 1. The molecule has 0 saturated carbocycles. The molecule has 1 N–H and O–H groups in total. The average molecular weight is 408 g/mol. The number of hydrogen-bond donors (Lipinski definition) is 1. The molecule has 0 heterocycles. The molecule has 5 nitrogen and oxygen atoms in total. The second-order valence-corrected chi connectivity index (χ2v) is 7.60. The maximum atomic E-state index is 10.5. The molecule has 2 rings (SSSR count). The van der Waals surface area contributed by atoms with Crippen LogP contribution < -0.4 is 14.2 Å². The summed E-state index contributed by atoms with van der Waals surface area (Å²) in [7, 11) is 3.27. The van der Waals surface area contributed by atoms with Crippen molar-refractivity contribution < 1.29 is 19.3 Å². The number of nitrogens with zero attached hydrogens (tertiary/aromatic N) is 1. The Hall–Kier alpha value is -1.95. The zero-order valence-electron chi connectivity index (χ0n) is 17.0. The fourth-order valence-electron chi connectivity index (χ4n) is 3.11. The quantitative estimate of drug-likeness (QED) is 0.603. The molecule has 2 aromatic rings. The number of ether oxygens (including phenoxy) is 3. The van der Waals surface area contributed by atoms with Crippen molar-refractivity contribution in [1.82, 2.24) is 4.90 Å². The Balaban J connectivity index is 2.01. The highest BCUT2D eigenvalue weighted by molar-refractivity contribution is 6.30. The van der Waals surface area contributed by atoms with Crippen LogP contribution in [0.3, 0.4) is 0 Å². The third-order valence-corrected chi connectivity index (χ3v) is 4.48. The maximum Gasteiger partial charge on any atom is 0.165 e. The highest BCUT2D eigenvalue weighted by Gasteiger charge is 2.18. The van der Waals surface area contributed by atoms with Crippen molar-refractivity contribution in [2.45, 2.75) is 26.5 Å². The molecule has 0 bridgehead atoms. The number of hydrogen-bond acceptors (Lipinski definition) is 5. The lowest BCUT2D eigenvalue weighted by Gasteiger charge is -2.27. The number of benzene rings is 2. The standard InChI is InChI=1S/C22H30ClNO4/c1-16(2)12-24(13-17-6-5-7-21(26-3)22(17)27-4)14-19(25)15-28-20-10-8-18(23)9-11-20/h5-11,16,19,25H,12-15H2,1-4H3/t19-/m0/s1. The molecule has 0 fully saturated rings. The van der Waals surface area contributed by atoms with E-state index in [-0.39, 0.29) is 6.61 Å². The first kappa shape index (κ1) is 22.3. The monoisotopic (exact) mass is 407 g/mol.